The van der Waals surface area contributed by atoms with Gasteiger partial charge in [0.25, 0.3) is 0 Å². The molecule has 1 atom stereocenters. The largest absolute Gasteiger partial charge is 0.467 e. The van der Waals surface area contributed by atoms with Crippen LogP contribution in [0.25, 0.3) is 0 Å². The quantitative estimate of drug-likeness (QED) is 0.560. The first-order valence-corrected chi connectivity index (χ1v) is 3.30. The Labute approximate surface area is 76.0 Å². The van der Waals surface area contributed by atoms with Crippen molar-refractivity contribution in [2.75, 3.05) is 7.11 Å². The summed E-state index contributed by atoms with van der Waals surface area (Å²) < 4.78 is 64.3. The Morgan fingerprint density at radius 3 is 1.79 bits per heavy atom. The van der Waals surface area contributed by atoms with E-state index in [0.29, 0.717) is 7.11 Å². The number of esters is 1. The second kappa shape index (κ2) is 3.34. The van der Waals surface area contributed by atoms with Gasteiger partial charge in [-0.1, -0.05) is 0 Å². The number of nitrogens with two attached hydrogens (primary N) is 1. The highest BCUT2D eigenvalue weighted by molar-refractivity contribution is 5.81. The summed E-state index contributed by atoms with van der Waals surface area (Å²) in [6, 6.07) is 0. The molecule has 0 rings (SSSR count). The summed E-state index contributed by atoms with van der Waals surface area (Å²) in [5, 5.41) is 0. The van der Waals surface area contributed by atoms with Crippen molar-refractivity contribution in [3.63, 3.8) is 0 Å². The minimum Gasteiger partial charge on any atom is -0.467 e. The molecule has 0 aliphatic rings. The van der Waals surface area contributed by atoms with E-state index in [9.17, 15) is 26.7 Å². The van der Waals surface area contributed by atoms with Crippen molar-refractivity contribution in [3.05, 3.63) is 0 Å². The van der Waals surface area contributed by atoms with Crippen molar-refractivity contribution < 1.29 is 31.5 Å². The highest BCUT2D eigenvalue weighted by Crippen LogP contribution is 2.42. The Hall–Kier alpha value is -0.920. The highest BCUT2D eigenvalue weighted by atomic mass is 19.4. The van der Waals surface area contributed by atoms with Gasteiger partial charge in [-0.05, 0) is 6.92 Å². The second-order valence-electron chi connectivity index (χ2n) is 2.77. The van der Waals surface area contributed by atoms with E-state index in [2.05, 4.69) is 10.5 Å². The van der Waals surface area contributed by atoms with Gasteiger partial charge in [0, 0.05) is 0 Å². The Kier molecular flexibility index (Phi) is 3.12. The van der Waals surface area contributed by atoms with E-state index in [4.69, 9.17) is 0 Å². The SMILES string of the molecule is COC(=O)C(C)(N)C(F)(F)C(F)(F)F. The van der Waals surface area contributed by atoms with Crippen molar-refractivity contribution in [1.29, 1.82) is 0 Å². The van der Waals surface area contributed by atoms with Crippen molar-refractivity contribution in [2.45, 2.75) is 24.6 Å². The average molecular weight is 221 g/mol. The van der Waals surface area contributed by atoms with Crippen LogP contribution < -0.4 is 5.73 Å². The number of carbonyl (C=O) groups is 1. The van der Waals surface area contributed by atoms with Gasteiger partial charge in [0.2, 0.25) is 0 Å². The van der Waals surface area contributed by atoms with Gasteiger partial charge >= 0.3 is 18.1 Å². The third kappa shape index (κ3) is 1.79. The summed E-state index contributed by atoms with van der Waals surface area (Å²) in [6.45, 7) is 0.256. The van der Waals surface area contributed by atoms with Crippen LogP contribution in [0, 0.1) is 0 Å². The first-order chi connectivity index (χ1) is 5.98. The van der Waals surface area contributed by atoms with Gasteiger partial charge < -0.3 is 10.5 Å². The van der Waals surface area contributed by atoms with E-state index in [-0.39, 0.29) is 6.92 Å². The fraction of sp³-hybridized carbons (Fsp3) is 0.833. The Morgan fingerprint density at radius 2 is 1.57 bits per heavy atom. The fourth-order valence-corrected chi connectivity index (χ4v) is 0.635. The van der Waals surface area contributed by atoms with Crippen molar-refractivity contribution in [3.8, 4) is 0 Å². The maximum absolute atomic E-state index is 12.6. The normalized spacial score (nSPS) is 17.4. The molecule has 0 aliphatic heterocycles. The lowest BCUT2D eigenvalue weighted by atomic mass is 9.94. The Morgan fingerprint density at radius 1 is 1.21 bits per heavy atom. The number of hydrogen-bond donors (Lipinski definition) is 1. The molecular weight excluding hydrogens is 213 g/mol. The van der Waals surface area contributed by atoms with Crippen LogP contribution in [0.5, 0.6) is 0 Å². The van der Waals surface area contributed by atoms with Crippen LogP contribution in [0.2, 0.25) is 0 Å². The molecule has 84 valence electrons. The van der Waals surface area contributed by atoms with Crippen LogP contribution in [-0.4, -0.2) is 30.7 Å². The summed E-state index contributed by atoms with van der Waals surface area (Å²) in [4.78, 5) is 10.6. The zero-order valence-corrected chi connectivity index (χ0v) is 7.28. The molecule has 0 spiro atoms. The molecule has 0 heterocycles. The summed E-state index contributed by atoms with van der Waals surface area (Å²) in [6.07, 6.45) is -5.90. The molecule has 0 aliphatic carbocycles. The molecule has 14 heavy (non-hydrogen) atoms. The molecule has 0 aromatic rings. The predicted molar refractivity (Wildman–Crippen MR) is 35.6 cm³/mol. The van der Waals surface area contributed by atoms with Gasteiger partial charge in [-0.3, -0.25) is 0 Å². The van der Waals surface area contributed by atoms with Gasteiger partial charge in [-0.25, -0.2) is 4.79 Å². The molecule has 0 radical (unpaired) electrons. The van der Waals surface area contributed by atoms with Crippen molar-refractivity contribution >= 4 is 5.97 Å². The molecule has 0 bridgehead atoms. The summed E-state index contributed by atoms with van der Waals surface area (Å²) >= 11 is 0. The number of carbonyl (C=O) groups excluding carboxylic acids is 1. The Balaban J connectivity index is 5.18. The number of methoxy groups -OCH3 is 1. The van der Waals surface area contributed by atoms with E-state index >= 15 is 0 Å². The predicted octanol–water partition coefficient (Wildman–Crippen LogP) is 1.07. The molecule has 0 aromatic carbocycles. The van der Waals surface area contributed by atoms with Gasteiger partial charge in [0.15, 0.2) is 5.54 Å². The summed E-state index contributed by atoms with van der Waals surface area (Å²) in [7, 11) is 0.667. The van der Waals surface area contributed by atoms with Crippen molar-refractivity contribution in [1.82, 2.24) is 0 Å². The van der Waals surface area contributed by atoms with Crippen LogP contribution in [0.15, 0.2) is 0 Å². The topological polar surface area (TPSA) is 52.3 Å². The smallest absolute Gasteiger partial charge is 0.455 e. The monoisotopic (exact) mass is 221 g/mol. The standard InChI is InChI=1S/C6H8F5NO2/c1-4(12,3(13)14-2)5(7,8)6(9,10)11/h12H2,1-2H3. The van der Waals surface area contributed by atoms with E-state index in [1.807, 2.05) is 0 Å². The fourth-order valence-electron chi connectivity index (χ4n) is 0.635. The number of halogens is 5. The third-order valence-electron chi connectivity index (χ3n) is 1.62. The number of ether oxygens (including phenoxy) is 1. The number of hydrogen-bond acceptors (Lipinski definition) is 3. The molecule has 1 unspecified atom stereocenters. The number of alkyl halides is 5. The molecular formula is C6H8F5NO2. The van der Waals surface area contributed by atoms with Gasteiger partial charge in [-0.15, -0.1) is 0 Å². The van der Waals surface area contributed by atoms with E-state index < -0.39 is 23.6 Å². The van der Waals surface area contributed by atoms with Gasteiger partial charge in [0.1, 0.15) is 0 Å². The average Bonchev–Trinajstić information content (AvgIpc) is 2.00. The molecule has 2 N–H and O–H groups in total. The van der Waals surface area contributed by atoms with Crippen LogP contribution in [0.4, 0.5) is 22.0 Å². The summed E-state index contributed by atoms with van der Waals surface area (Å²) in [5.41, 5.74) is 1.16. The molecule has 0 saturated heterocycles. The first-order valence-electron chi connectivity index (χ1n) is 3.30. The van der Waals surface area contributed by atoms with Crippen LogP contribution in [-0.2, 0) is 9.53 Å². The molecule has 0 fully saturated rings. The molecule has 3 nitrogen and oxygen atoms in total. The second-order valence-corrected chi connectivity index (χ2v) is 2.77. The zero-order chi connectivity index (χ0) is 11.8. The van der Waals surface area contributed by atoms with Crippen LogP contribution in [0.1, 0.15) is 6.92 Å². The molecule has 8 heteroatoms. The lowest BCUT2D eigenvalue weighted by Gasteiger charge is -2.32. The summed E-state index contributed by atoms with van der Waals surface area (Å²) in [5.74, 6) is -7.17. The van der Waals surface area contributed by atoms with Crippen LogP contribution in [0.3, 0.4) is 0 Å². The van der Waals surface area contributed by atoms with Crippen molar-refractivity contribution in [2.24, 2.45) is 5.73 Å². The first kappa shape index (κ1) is 13.1. The highest BCUT2D eigenvalue weighted by Gasteiger charge is 2.70. The lowest BCUT2D eigenvalue weighted by Crippen LogP contribution is -2.65. The van der Waals surface area contributed by atoms with E-state index in [1.165, 1.54) is 0 Å². The minimum atomic E-state index is -5.90. The third-order valence-corrected chi connectivity index (χ3v) is 1.62. The maximum Gasteiger partial charge on any atom is 0.455 e. The minimum absolute atomic E-state index is 0.256. The maximum atomic E-state index is 12.6. The molecule has 0 amide bonds. The molecule has 0 saturated carbocycles. The van der Waals surface area contributed by atoms with Gasteiger partial charge in [0.05, 0.1) is 7.11 Å². The van der Waals surface area contributed by atoms with E-state index in [0.717, 1.165) is 0 Å². The van der Waals surface area contributed by atoms with Crippen LogP contribution >= 0.6 is 0 Å². The van der Waals surface area contributed by atoms with E-state index in [1.54, 1.807) is 0 Å². The Bertz CT molecular complexity index is 235. The number of rotatable bonds is 2. The lowest BCUT2D eigenvalue weighted by molar-refractivity contribution is -0.303. The van der Waals surface area contributed by atoms with Gasteiger partial charge in [-0.2, -0.15) is 22.0 Å². The molecule has 0 aromatic heterocycles. The zero-order valence-electron chi connectivity index (χ0n) is 7.28.